The molecule has 1 radical (unpaired) electrons. The third-order valence-electron chi connectivity index (χ3n) is 1.57. The molecule has 3 nitrogen and oxygen atoms in total. The third kappa shape index (κ3) is 3.64. The number of rotatable bonds is 1. The van der Waals surface area contributed by atoms with Gasteiger partial charge in [0.1, 0.15) is 4.21 Å². The molecule has 0 aliphatic heterocycles. The Bertz CT molecular complexity index is 400. The van der Waals surface area contributed by atoms with Crippen molar-refractivity contribution in [1.29, 1.82) is 0 Å². The fourth-order valence-electron chi connectivity index (χ4n) is 0.862. The van der Waals surface area contributed by atoms with Gasteiger partial charge in [0.05, 0.1) is 0 Å². The molecule has 0 unspecified atom stereocenters. The first kappa shape index (κ1) is 14.6. The minimum Gasteiger partial charge on any atom is -0.281 e. The van der Waals surface area contributed by atoms with Crippen LogP contribution in [-0.2, 0) is 15.5 Å². The van der Waals surface area contributed by atoms with Crippen LogP contribution in [0.3, 0.4) is 0 Å². The molecule has 0 aliphatic carbocycles. The van der Waals surface area contributed by atoms with Crippen molar-refractivity contribution in [3.63, 3.8) is 0 Å². The maximum atomic E-state index is 10.7. The van der Waals surface area contributed by atoms with E-state index in [2.05, 4.69) is 0 Å². The number of thiophene rings is 1. The van der Waals surface area contributed by atoms with E-state index in [9.17, 15) is 8.42 Å². The van der Waals surface area contributed by atoms with Crippen molar-refractivity contribution >= 4 is 51.0 Å². The summed E-state index contributed by atoms with van der Waals surface area (Å²) in [6.07, 6.45) is 0. The van der Waals surface area contributed by atoms with Gasteiger partial charge in [-0.15, -0.1) is 11.3 Å². The zero-order chi connectivity index (χ0) is 10.3. The van der Waals surface area contributed by atoms with E-state index in [0.29, 0.717) is 0 Å². The molecule has 0 bridgehead atoms. The molecule has 0 amide bonds. The van der Waals surface area contributed by atoms with Gasteiger partial charge in [-0.2, -0.15) is 8.42 Å². The number of hydrogen-bond donors (Lipinski definition) is 1. The topological polar surface area (TPSA) is 54.4 Å². The van der Waals surface area contributed by atoms with Crippen molar-refractivity contribution in [2.24, 2.45) is 0 Å². The van der Waals surface area contributed by atoms with Gasteiger partial charge >= 0.3 is 10.1 Å². The first-order chi connectivity index (χ1) is 5.71. The Hall–Kier alpha value is 0.610. The van der Waals surface area contributed by atoms with E-state index in [1.165, 1.54) is 6.07 Å². The first-order valence-electron chi connectivity index (χ1n) is 3.79. The van der Waals surface area contributed by atoms with Crippen molar-refractivity contribution < 1.29 is 13.0 Å². The molecule has 75 valence electrons. The van der Waals surface area contributed by atoms with Crippen molar-refractivity contribution in [2.75, 3.05) is 0 Å². The Morgan fingerprint density at radius 2 is 1.79 bits per heavy atom. The van der Waals surface area contributed by atoms with Gasteiger partial charge in [-0.25, -0.2) is 0 Å². The zero-order valence-corrected chi connectivity index (χ0v) is 12.4. The van der Waals surface area contributed by atoms with E-state index < -0.39 is 10.1 Å². The summed E-state index contributed by atoms with van der Waals surface area (Å²) in [7, 11) is -4.02. The van der Waals surface area contributed by atoms with Gasteiger partial charge in [0, 0.05) is 34.4 Å². The van der Waals surface area contributed by atoms with Gasteiger partial charge in [0.2, 0.25) is 0 Å². The molecule has 0 saturated heterocycles. The predicted molar refractivity (Wildman–Crippen MR) is 58.6 cm³/mol. The van der Waals surface area contributed by atoms with Crippen LogP contribution in [0.4, 0.5) is 0 Å². The molecule has 14 heavy (non-hydrogen) atoms. The van der Waals surface area contributed by atoms with E-state index >= 15 is 0 Å². The molecule has 0 atom stereocenters. The van der Waals surface area contributed by atoms with Gasteiger partial charge in [0.25, 0.3) is 0 Å². The van der Waals surface area contributed by atoms with Crippen LogP contribution in [0.25, 0.3) is 0 Å². The normalized spacial score (nSPS) is 12.3. The smallest absolute Gasteiger partial charge is 0.281 e. The van der Waals surface area contributed by atoms with E-state index in [1.807, 2.05) is 20.8 Å². The second kappa shape index (κ2) is 4.63. The molecule has 1 rings (SSSR count). The van der Waals surface area contributed by atoms with E-state index in [0.717, 1.165) is 16.2 Å². The molecule has 0 aliphatic rings. The fourth-order valence-corrected chi connectivity index (χ4v) is 2.59. The average molecular weight is 243 g/mol. The van der Waals surface area contributed by atoms with Crippen molar-refractivity contribution in [3.8, 4) is 0 Å². The van der Waals surface area contributed by atoms with E-state index in [4.69, 9.17) is 4.55 Å². The fraction of sp³-hybridized carbons (Fsp3) is 0.500. The Kier molecular flexibility index (Phi) is 4.84. The Labute approximate surface area is 111 Å². The maximum Gasteiger partial charge on any atom is 0.304 e. The number of hydrogen-bond acceptors (Lipinski definition) is 3. The molecule has 6 heteroatoms. The average Bonchev–Trinajstić information content (AvgIpc) is 2.28. The Morgan fingerprint density at radius 3 is 2.00 bits per heavy atom. The van der Waals surface area contributed by atoms with Gasteiger partial charge in [-0.05, 0) is 17.5 Å². The summed E-state index contributed by atoms with van der Waals surface area (Å²) >= 11 is 1.11. The first-order valence-corrected chi connectivity index (χ1v) is 6.05. The predicted octanol–water partition coefficient (Wildman–Crippen LogP) is 1.91. The van der Waals surface area contributed by atoms with Crippen molar-refractivity contribution in [1.82, 2.24) is 0 Å². The molecule has 0 spiro atoms. The maximum absolute atomic E-state index is 10.7. The van der Waals surface area contributed by atoms with Crippen LogP contribution >= 0.6 is 11.3 Å². The third-order valence-corrected chi connectivity index (χ3v) is 4.41. The molecule has 1 aromatic rings. The van der Waals surface area contributed by atoms with Crippen molar-refractivity contribution in [3.05, 3.63) is 17.0 Å². The summed E-state index contributed by atoms with van der Waals surface area (Å²) in [5, 5.41) is 0. The monoisotopic (exact) mass is 243 g/mol. The zero-order valence-electron chi connectivity index (χ0n) is 8.73. The summed E-state index contributed by atoms with van der Waals surface area (Å²) in [4.78, 5) is 0.945. The SMILES string of the molecule is CC(C)(C)c1ccc(S(=O)(=O)O)s1.[Na]. The molecular formula is C8H12NaO3S2. The molecular weight excluding hydrogens is 231 g/mol. The van der Waals surface area contributed by atoms with E-state index in [1.54, 1.807) is 6.07 Å². The molecule has 0 saturated carbocycles. The molecule has 1 aromatic heterocycles. The molecule has 1 heterocycles. The van der Waals surface area contributed by atoms with Crippen LogP contribution in [0, 0.1) is 0 Å². The van der Waals surface area contributed by atoms with Crippen LogP contribution in [0.2, 0.25) is 0 Å². The van der Waals surface area contributed by atoms with Crippen LogP contribution in [0.5, 0.6) is 0 Å². The quantitative estimate of drug-likeness (QED) is 0.605. The van der Waals surface area contributed by atoms with Crippen LogP contribution in [0.1, 0.15) is 25.6 Å². The van der Waals surface area contributed by atoms with Gasteiger partial charge < -0.3 is 0 Å². The summed E-state index contributed by atoms with van der Waals surface area (Å²) < 4.78 is 30.2. The van der Waals surface area contributed by atoms with Crippen molar-refractivity contribution in [2.45, 2.75) is 30.4 Å². The van der Waals surface area contributed by atoms with Gasteiger partial charge in [-0.1, -0.05) is 20.8 Å². The molecule has 0 fully saturated rings. The van der Waals surface area contributed by atoms with Crippen LogP contribution < -0.4 is 0 Å². The Morgan fingerprint density at radius 1 is 1.29 bits per heavy atom. The Balaban J connectivity index is 0.00000169. The minimum absolute atomic E-state index is 0. The second-order valence-electron chi connectivity index (χ2n) is 3.84. The van der Waals surface area contributed by atoms with Gasteiger partial charge in [-0.3, -0.25) is 4.55 Å². The minimum atomic E-state index is -4.02. The molecule has 0 aromatic carbocycles. The van der Waals surface area contributed by atoms with Gasteiger partial charge in [0.15, 0.2) is 0 Å². The summed E-state index contributed by atoms with van der Waals surface area (Å²) in [5.41, 5.74) is -0.0758. The standard InChI is InChI=1S/C8H12O3S2.Na/c1-8(2,3)6-4-5-7(12-6)13(9,10)11;/h4-5H,1-3H3,(H,9,10,11);. The molecule has 1 N–H and O–H groups in total. The largest absolute Gasteiger partial charge is 0.304 e. The summed E-state index contributed by atoms with van der Waals surface area (Å²) in [6.45, 7) is 5.98. The summed E-state index contributed by atoms with van der Waals surface area (Å²) in [6, 6.07) is 3.16. The van der Waals surface area contributed by atoms with E-state index in [-0.39, 0.29) is 39.2 Å². The second-order valence-corrected chi connectivity index (χ2v) is 6.58. The van der Waals surface area contributed by atoms with Crippen LogP contribution in [-0.4, -0.2) is 42.5 Å². The van der Waals surface area contributed by atoms with Crippen LogP contribution in [0.15, 0.2) is 16.3 Å². The summed E-state index contributed by atoms with van der Waals surface area (Å²) in [5.74, 6) is 0.